The predicted molar refractivity (Wildman–Crippen MR) is 53.4 cm³/mol. The van der Waals surface area contributed by atoms with E-state index in [0.717, 1.165) is 0 Å². The Morgan fingerprint density at radius 3 is 2.69 bits per heavy atom. The Morgan fingerprint density at radius 1 is 1.50 bits per heavy atom. The summed E-state index contributed by atoms with van der Waals surface area (Å²) in [6.07, 6.45) is 0. The summed E-state index contributed by atoms with van der Waals surface area (Å²) in [5.74, 6) is -0.721. The van der Waals surface area contributed by atoms with E-state index < -0.39 is 12.6 Å². The fraction of sp³-hybridized carbons (Fsp3) is 0.300. The molecule has 1 aromatic rings. The average molecular weight is 231 g/mol. The van der Waals surface area contributed by atoms with Gasteiger partial charge in [-0.15, -0.1) is 0 Å². The summed E-state index contributed by atoms with van der Waals surface area (Å²) in [6.45, 7) is -0.941. The van der Waals surface area contributed by atoms with Gasteiger partial charge in [-0.05, 0) is 25.1 Å². The summed E-state index contributed by atoms with van der Waals surface area (Å²) in [4.78, 5) is 11.1. The van der Waals surface area contributed by atoms with Crippen molar-refractivity contribution in [3.63, 3.8) is 0 Å². The fourth-order valence-corrected chi connectivity index (χ4v) is 1.11. The van der Waals surface area contributed by atoms with Crippen LogP contribution in [0.3, 0.4) is 0 Å². The van der Waals surface area contributed by atoms with Crippen LogP contribution in [0.1, 0.15) is 17.3 Å². The third-order valence-electron chi connectivity index (χ3n) is 1.74. The van der Waals surface area contributed by atoms with Crippen LogP contribution in [0.2, 0.25) is 0 Å². The Labute approximate surface area is 91.0 Å². The molecule has 0 amide bonds. The van der Waals surface area contributed by atoms with Crippen LogP contribution in [0.4, 0.5) is 14.5 Å². The van der Waals surface area contributed by atoms with Crippen molar-refractivity contribution in [2.75, 3.05) is 12.3 Å². The van der Waals surface area contributed by atoms with E-state index in [9.17, 15) is 13.6 Å². The highest BCUT2D eigenvalue weighted by atomic mass is 19.3. The van der Waals surface area contributed by atoms with Gasteiger partial charge in [0, 0.05) is 0 Å². The lowest BCUT2D eigenvalue weighted by molar-refractivity contribution is -0.0906. The van der Waals surface area contributed by atoms with Crippen LogP contribution >= 0.6 is 0 Å². The molecule has 0 aromatic heterocycles. The first-order valence-electron chi connectivity index (χ1n) is 4.56. The molecule has 0 saturated heterocycles. The van der Waals surface area contributed by atoms with Crippen molar-refractivity contribution in [2.24, 2.45) is 0 Å². The average Bonchev–Trinajstić information content (AvgIpc) is 2.20. The quantitative estimate of drug-likeness (QED) is 0.636. The van der Waals surface area contributed by atoms with E-state index in [2.05, 4.69) is 4.74 Å². The number of benzene rings is 1. The van der Waals surface area contributed by atoms with Gasteiger partial charge in [0.2, 0.25) is 0 Å². The maximum Gasteiger partial charge on any atom is 0.389 e. The molecule has 0 bridgehead atoms. The zero-order chi connectivity index (χ0) is 12.1. The standard InChI is InChI=1S/C10H11F2NO3/c1-2-15-8-4-3-6(5-7(8)13)9(14)16-10(11)12/h3-5,10H,2,13H2,1H3. The van der Waals surface area contributed by atoms with Crippen LogP contribution in [0.5, 0.6) is 5.75 Å². The molecule has 0 aliphatic rings. The number of carbonyl (C=O) groups is 1. The third-order valence-corrected chi connectivity index (χ3v) is 1.74. The first-order chi connectivity index (χ1) is 7.54. The molecule has 16 heavy (non-hydrogen) atoms. The number of carbonyl (C=O) groups excluding carboxylic acids is 1. The number of hydrogen-bond acceptors (Lipinski definition) is 4. The van der Waals surface area contributed by atoms with Crippen LogP contribution in [0.15, 0.2) is 18.2 Å². The molecule has 1 rings (SSSR count). The Bertz CT molecular complexity index is 382. The first kappa shape index (κ1) is 12.2. The molecular formula is C10H11F2NO3. The SMILES string of the molecule is CCOc1ccc(C(=O)OC(F)F)cc1N. The molecule has 0 aliphatic heterocycles. The number of ether oxygens (including phenoxy) is 2. The van der Waals surface area contributed by atoms with Crippen molar-refractivity contribution in [2.45, 2.75) is 13.5 Å². The smallest absolute Gasteiger partial charge is 0.389 e. The fourth-order valence-electron chi connectivity index (χ4n) is 1.11. The monoisotopic (exact) mass is 231 g/mol. The lowest BCUT2D eigenvalue weighted by Gasteiger charge is -2.08. The van der Waals surface area contributed by atoms with Gasteiger partial charge in [-0.3, -0.25) is 0 Å². The lowest BCUT2D eigenvalue weighted by Crippen LogP contribution is -2.10. The molecule has 0 radical (unpaired) electrons. The largest absolute Gasteiger partial charge is 0.492 e. The summed E-state index contributed by atoms with van der Waals surface area (Å²) < 4.78 is 32.4. The second-order valence-corrected chi connectivity index (χ2v) is 2.85. The van der Waals surface area contributed by atoms with E-state index in [0.29, 0.717) is 12.4 Å². The molecule has 0 fully saturated rings. The second-order valence-electron chi connectivity index (χ2n) is 2.85. The number of rotatable bonds is 4. The van der Waals surface area contributed by atoms with Gasteiger partial charge in [0.15, 0.2) is 0 Å². The minimum Gasteiger partial charge on any atom is -0.492 e. The van der Waals surface area contributed by atoms with Crippen molar-refractivity contribution in [3.8, 4) is 5.75 Å². The molecular weight excluding hydrogens is 220 g/mol. The minimum absolute atomic E-state index is 0.0405. The van der Waals surface area contributed by atoms with Gasteiger partial charge in [-0.25, -0.2) is 4.79 Å². The molecule has 0 aliphatic carbocycles. The van der Waals surface area contributed by atoms with Crippen molar-refractivity contribution in [1.82, 2.24) is 0 Å². The van der Waals surface area contributed by atoms with Crippen LogP contribution in [0.25, 0.3) is 0 Å². The van der Waals surface area contributed by atoms with Crippen LogP contribution in [0, 0.1) is 0 Å². The topological polar surface area (TPSA) is 61.5 Å². The van der Waals surface area contributed by atoms with Crippen molar-refractivity contribution in [3.05, 3.63) is 23.8 Å². The number of alkyl halides is 2. The number of hydrogen-bond donors (Lipinski definition) is 1. The number of anilines is 1. The number of esters is 1. The van der Waals surface area contributed by atoms with Crippen molar-refractivity contribution >= 4 is 11.7 Å². The number of halogens is 2. The van der Waals surface area contributed by atoms with Gasteiger partial charge in [0.1, 0.15) is 5.75 Å². The zero-order valence-corrected chi connectivity index (χ0v) is 8.57. The summed E-state index contributed by atoms with van der Waals surface area (Å²) >= 11 is 0. The van der Waals surface area contributed by atoms with Crippen LogP contribution in [-0.2, 0) is 4.74 Å². The normalized spacial score (nSPS) is 10.2. The van der Waals surface area contributed by atoms with Gasteiger partial charge in [-0.2, -0.15) is 8.78 Å². The summed E-state index contributed by atoms with van der Waals surface area (Å²) in [7, 11) is 0. The second kappa shape index (κ2) is 5.29. The van der Waals surface area contributed by atoms with Crippen molar-refractivity contribution in [1.29, 1.82) is 0 Å². The molecule has 0 spiro atoms. The highest BCUT2D eigenvalue weighted by molar-refractivity contribution is 5.91. The van der Waals surface area contributed by atoms with E-state index in [4.69, 9.17) is 10.5 Å². The van der Waals surface area contributed by atoms with Gasteiger partial charge < -0.3 is 15.2 Å². The lowest BCUT2D eigenvalue weighted by atomic mass is 10.2. The summed E-state index contributed by atoms with van der Waals surface area (Å²) in [5, 5.41) is 0. The van der Waals surface area contributed by atoms with Gasteiger partial charge in [0.25, 0.3) is 0 Å². The molecule has 0 heterocycles. The van der Waals surface area contributed by atoms with Gasteiger partial charge >= 0.3 is 12.6 Å². The number of nitrogen functional groups attached to an aromatic ring is 1. The Morgan fingerprint density at radius 2 is 2.19 bits per heavy atom. The van der Waals surface area contributed by atoms with E-state index in [-0.39, 0.29) is 11.3 Å². The molecule has 0 unspecified atom stereocenters. The summed E-state index contributed by atoms with van der Waals surface area (Å²) in [5.41, 5.74) is 5.71. The summed E-state index contributed by atoms with van der Waals surface area (Å²) in [6, 6.07) is 3.97. The maximum absolute atomic E-state index is 11.8. The minimum atomic E-state index is -3.14. The van der Waals surface area contributed by atoms with Crippen LogP contribution < -0.4 is 10.5 Å². The Balaban J connectivity index is 2.84. The molecule has 88 valence electrons. The van der Waals surface area contributed by atoms with Crippen molar-refractivity contribution < 1.29 is 23.0 Å². The van der Waals surface area contributed by atoms with E-state index >= 15 is 0 Å². The Kier molecular flexibility index (Phi) is 4.04. The molecule has 6 heteroatoms. The number of nitrogens with two attached hydrogens (primary N) is 1. The molecule has 1 aromatic carbocycles. The molecule has 0 saturated carbocycles. The van der Waals surface area contributed by atoms with Gasteiger partial charge in [-0.1, -0.05) is 0 Å². The molecule has 4 nitrogen and oxygen atoms in total. The Hall–Kier alpha value is -1.85. The third kappa shape index (κ3) is 3.08. The molecule has 0 atom stereocenters. The zero-order valence-electron chi connectivity index (χ0n) is 8.57. The van der Waals surface area contributed by atoms with Crippen LogP contribution in [-0.4, -0.2) is 19.2 Å². The van der Waals surface area contributed by atoms with E-state index in [1.54, 1.807) is 6.92 Å². The highest BCUT2D eigenvalue weighted by Crippen LogP contribution is 2.23. The maximum atomic E-state index is 11.8. The van der Waals surface area contributed by atoms with Gasteiger partial charge in [0.05, 0.1) is 17.9 Å². The predicted octanol–water partition coefficient (Wildman–Crippen LogP) is 2.05. The first-order valence-corrected chi connectivity index (χ1v) is 4.56. The van der Waals surface area contributed by atoms with E-state index in [1.165, 1.54) is 18.2 Å². The highest BCUT2D eigenvalue weighted by Gasteiger charge is 2.14. The molecule has 2 N–H and O–H groups in total. The van der Waals surface area contributed by atoms with E-state index in [1.807, 2.05) is 0 Å².